The average Bonchev–Trinajstić information content (AvgIpc) is 2.72. The van der Waals surface area contributed by atoms with Crippen molar-refractivity contribution >= 4 is 0 Å². The zero-order valence-corrected chi connectivity index (χ0v) is 8.46. The van der Waals surface area contributed by atoms with Crippen LogP contribution in [0.4, 0.5) is 0 Å². The molecule has 2 rings (SSSR count). The molecule has 76 valence electrons. The van der Waals surface area contributed by atoms with Crippen LogP contribution in [0.3, 0.4) is 0 Å². The van der Waals surface area contributed by atoms with Crippen LogP contribution in [0.15, 0.2) is 0 Å². The monoisotopic (exact) mass is 184 g/mol. The van der Waals surface area contributed by atoms with Gasteiger partial charge in [0, 0.05) is 12.6 Å². The van der Waals surface area contributed by atoms with Crippen LogP contribution in [0.2, 0.25) is 0 Å². The number of hydrogen-bond acceptors (Lipinski definition) is 3. The van der Waals surface area contributed by atoms with Crippen LogP contribution in [-0.2, 0) is 4.74 Å². The van der Waals surface area contributed by atoms with Crippen LogP contribution >= 0.6 is 0 Å². The van der Waals surface area contributed by atoms with Crippen molar-refractivity contribution in [2.24, 2.45) is 0 Å². The van der Waals surface area contributed by atoms with Crippen LogP contribution in [-0.4, -0.2) is 50.3 Å². The Labute approximate surface area is 80.4 Å². The molecule has 2 aliphatic rings. The van der Waals surface area contributed by atoms with Gasteiger partial charge in [-0.2, -0.15) is 0 Å². The first kappa shape index (κ1) is 9.44. The highest BCUT2D eigenvalue weighted by molar-refractivity contribution is 4.78. The SMILES string of the molecule is CN1CCCC1COC1CCNC1. The highest BCUT2D eigenvalue weighted by atomic mass is 16.5. The van der Waals surface area contributed by atoms with Gasteiger partial charge in [0.25, 0.3) is 0 Å². The molecule has 3 heteroatoms. The Hall–Kier alpha value is -0.120. The lowest BCUT2D eigenvalue weighted by Crippen LogP contribution is -2.31. The molecule has 0 radical (unpaired) electrons. The van der Waals surface area contributed by atoms with Crippen molar-refractivity contribution in [1.82, 2.24) is 10.2 Å². The molecule has 0 amide bonds. The number of likely N-dealkylation sites (tertiary alicyclic amines) is 1. The van der Waals surface area contributed by atoms with E-state index in [1.54, 1.807) is 0 Å². The van der Waals surface area contributed by atoms with Crippen molar-refractivity contribution in [3.63, 3.8) is 0 Å². The molecule has 0 saturated carbocycles. The molecule has 1 N–H and O–H groups in total. The molecule has 2 saturated heterocycles. The van der Waals surface area contributed by atoms with Gasteiger partial charge >= 0.3 is 0 Å². The van der Waals surface area contributed by atoms with Crippen LogP contribution in [0, 0.1) is 0 Å². The van der Waals surface area contributed by atoms with Crippen molar-refractivity contribution in [2.75, 3.05) is 33.3 Å². The fourth-order valence-electron chi connectivity index (χ4n) is 2.21. The largest absolute Gasteiger partial charge is 0.375 e. The quantitative estimate of drug-likeness (QED) is 0.689. The van der Waals surface area contributed by atoms with Crippen molar-refractivity contribution in [1.29, 1.82) is 0 Å². The molecule has 0 aromatic heterocycles. The number of hydrogen-bond donors (Lipinski definition) is 1. The van der Waals surface area contributed by atoms with Gasteiger partial charge in [-0.1, -0.05) is 0 Å². The van der Waals surface area contributed by atoms with E-state index in [0.717, 1.165) is 19.7 Å². The summed E-state index contributed by atoms with van der Waals surface area (Å²) in [5, 5.41) is 3.32. The molecule has 2 aliphatic heterocycles. The van der Waals surface area contributed by atoms with Gasteiger partial charge in [-0.05, 0) is 39.4 Å². The zero-order chi connectivity index (χ0) is 9.10. The Balaban J connectivity index is 1.66. The second-order valence-corrected chi connectivity index (χ2v) is 4.22. The molecule has 0 aromatic rings. The number of nitrogens with one attached hydrogen (secondary N) is 1. The molecular formula is C10H20N2O. The summed E-state index contributed by atoms with van der Waals surface area (Å²) < 4.78 is 5.85. The topological polar surface area (TPSA) is 24.5 Å². The minimum Gasteiger partial charge on any atom is -0.375 e. The maximum absolute atomic E-state index is 5.85. The molecule has 0 bridgehead atoms. The van der Waals surface area contributed by atoms with E-state index in [1.807, 2.05) is 0 Å². The Morgan fingerprint density at radius 3 is 3.00 bits per heavy atom. The van der Waals surface area contributed by atoms with Gasteiger partial charge in [-0.25, -0.2) is 0 Å². The summed E-state index contributed by atoms with van der Waals surface area (Å²) >= 11 is 0. The highest BCUT2D eigenvalue weighted by Gasteiger charge is 2.23. The van der Waals surface area contributed by atoms with Crippen LogP contribution in [0.5, 0.6) is 0 Å². The van der Waals surface area contributed by atoms with Crippen molar-refractivity contribution < 1.29 is 4.74 Å². The Bertz CT molecular complexity index is 157. The minimum atomic E-state index is 0.481. The highest BCUT2D eigenvalue weighted by Crippen LogP contribution is 2.16. The number of nitrogens with zero attached hydrogens (tertiary/aromatic N) is 1. The van der Waals surface area contributed by atoms with Crippen molar-refractivity contribution in [3.8, 4) is 0 Å². The average molecular weight is 184 g/mol. The molecule has 2 unspecified atom stereocenters. The van der Waals surface area contributed by atoms with Gasteiger partial charge in [-0.15, -0.1) is 0 Å². The van der Waals surface area contributed by atoms with Gasteiger partial charge in [0.2, 0.25) is 0 Å². The summed E-state index contributed by atoms with van der Waals surface area (Å²) in [6.07, 6.45) is 4.33. The molecule has 13 heavy (non-hydrogen) atoms. The van der Waals surface area contributed by atoms with Crippen molar-refractivity contribution in [2.45, 2.75) is 31.4 Å². The minimum absolute atomic E-state index is 0.481. The van der Waals surface area contributed by atoms with E-state index in [4.69, 9.17) is 4.74 Å². The van der Waals surface area contributed by atoms with Gasteiger partial charge in [0.05, 0.1) is 12.7 Å². The summed E-state index contributed by atoms with van der Waals surface area (Å²) in [6, 6.07) is 0.681. The molecular weight excluding hydrogens is 164 g/mol. The summed E-state index contributed by atoms with van der Waals surface area (Å²) in [6.45, 7) is 4.36. The predicted molar refractivity (Wildman–Crippen MR) is 52.9 cm³/mol. The third kappa shape index (κ3) is 2.42. The van der Waals surface area contributed by atoms with Gasteiger partial charge in [-0.3, -0.25) is 0 Å². The Morgan fingerprint density at radius 1 is 1.46 bits per heavy atom. The smallest absolute Gasteiger partial charge is 0.0712 e. The number of likely N-dealkylation sites (N-methyl/N-ethyl adjacent to an activating group) is 1. The fraction of sp³-hybridized carbons (Fsp3) is 1.00. The van der Waals surface area contributed by atoms with E-state index in [0.29, 0.717) is 12.1 Å². The second kappa shape index (κ2) is 4.40. The number of ether oxygens (including phenoxy) is 1. The lowest BCUT2D eigenvalue weighted by molar-refractivity contribution is 0.0341. The molecule has 3 nitrogen and oxygen atoms in total. The van der Waals surface area contributed by atoms with E-state index in [1.165, 1.54) is 25.8 Å². The normalized spacial score (nSPS) is 35.8. The van der Waals surface area contributed by atoms with Crippen LogP contribution in [0.25, 0.3) is 0 Å². The first-order valence-electron chi connectivity index (χ1n) is 5.39. The maximum atomic E-state index is 5.85. The molecule has 2 atom stereocenters. The number of rotatable bonds is 3. The predicted octanol–water partition coefficient (Wildman–Crippen LogP) is 0.459. The van der Waals surface area contributed by atoms with Crippen LogP contribution < -0.4 is 5.32 Å². The third-order valence-corrected chi connectivity index (χ3v) is 3.21. The van der Waals surface area contributed by atoms with E-state index in [9.17, 15) is 0 Å². The maximum Gasteiger partial charge on any atom is 0.0712 e. The van der Waals surface area contributed by atoms with E-state index in [2.05, 4.69) is 17.3 Å². The van der Waals surface area contributed by atoms with E-state index < -0.39 is 0 Å². The van der Waals surface area contributed by atoms with Gasteiger partial charge in [0.1, 0.15) is 0 Å². The lowest BCUT2D eigenvalue weighted by Gasteiger charge is -2.21. The van der Waals surface area contributed by atoms with Crippen molar-refractivity contribution in [3.05, 3.63) is 0 Å². The van der Waals surface area contributed by atoms with Gasteiger partial charge < -0.3 is 15.0 Å². The molecule has 0 aliphatic carbocycles. The zero-order valence-electron chi connectivity index (χ0n) is 8.46. The van der Waals surface area contributed by atoms with Crippen LogP contribution in [0.1, 0.15) is 19.3 Å². The first-order chi connectivity index (χ1) is 6.36. The van der Waals surface area contributed by atoms with E-state index in [-0.39, 0.29) is 0 Å². The van der Waals surface area contributed by atoms with Gasteiger partial charge in [0.15, 0.2) is 0 Å². The first-order valence-corrected chi connectivity index (χ1v) is 5.39. The lowest BCUT2D eigenvalue weighted by atomic mass is 10.2. The third-order valence-electron chi connectivity index (χ3n) is 3.21. The summed E-state index contributed by atoms with van der Waals surface area (Å²) in [5.41, 5.74) is 0. The fourth-order valence-corrected chi connectivity index (χ4v) is 2.21. The molecule has 0 spiro atoms. The van der Waals surface area contributed by atoms with E-state index >= 15 is 0 Å². The molecule has 2 heterocycles. The standard InChI is InChI=1S/C10H20N2O/c1-12-6-2-3-9(12)8-13-10-4-5-11-7-10/h9-11H,2-8H2,1H3. The summed E-state index contributed by atoms with van der Waals surface area (Å²) in [7, 11) is 2.20. The second-order valence-electron chi connectivity index (χ2n) is 4.22. The molecule has 0 aromatic carbocycles. The summed E-state index contributed by atoms with van der Waals surface area (Å²) in [4.78, 5) is 2.42. The summed E-state index contributed by atoms with van der Waals surface area (Å²) in [5.74, 6) is 0. The Kier molecular flexibility index (Phi) is 3.19. The molecule has 2 fully saturated rings. The Morgan fingerprint density at radius 2 is 2.38 bits per heavy atom.